The highest BCUT2D eigenvalue weighted by molar-refractivity contribution is 5.98. The molecule has 13 nitrogen and oxygen atoms in total. The monoisotopic (exact) mass is 702 g/mol. The topological polar surface area (TPSA) is 177 Å². The lowest BCUT2D eigenvalue weighted by molar-refractivity contribution is -0.143. The Hall–Kier alpha value is -4.99. The van der Waals surface area contributed by atoms with Crippen molar-refractivity contribution in [1.82, 2.24) is 31.1 Å². The van der Waals surface area contributed by atoms with E-state index >= 15 is 0 Å². The third-order valence-corrected chi connectivity index (χ3v) is 8.48. The quantitative estimate of drug-likeness (QED) is 0.281. The fourth-order valence-electron chi connectivity index (χ4n) is 6.02. The number of aliphatic hydroxyl groups is 1. The number of alkyl halides is 3. The highest BCUT2D eigenvalue weighted by atomic mass is 19.4. The molecule has 5 atom stereocenters. The Morgan fingerprint density at radius 3 is 2.24 bits per heavy atom. The largest absolute Gasteiger partial charge is 0.416 e. The van der Waals surface area contributed by atoms with Crippen LogP contribution in [0.3, 0.4) is 0 Å². The molecule has 4 rings (SSSR count). The van der Waals surface area contributed by atoms with Crippen molar-refractivity contribution in [3.8, 4) is 0 Å². The van der Waals surface area contributed by atoms with E-state index in [1.807, 2.05) is 13.8 Å². The number of rotatable bonds is 7. The molecule has 0 aliphatic carbocycles. The number of aliphatic hydroxyl groups excluding tert-OH is 1. The van der Waals surface area contributed by atoms with Gasteiger partial charge in [0.25, 0.3) is 5.91 Å². The van der Waals surface area contributed by atoms with Crippen LogP contribution in [0.2, 0.25) is 0 Å². The first-order chi connectivity index (χ1) is 23.6. The molecule has 2 aromatic carbocycles. The molecule has 0 aromatic heterocycles. The van der Waals surface area contributed by atoms with E-state index in [1.165, 1.54) is 13.1 Å². The molecule has 0 unspecified atom stereocenters. The second-order valence-electron chi connectivity index (χ2n) is 12.9. The van der Waals surface area contributed by atoms with Crippen molar-refractivity contribution in [2.75, 3.05) is 26.7 Å². The van der Waals surface area contributed by atoms with Gasteiger partial charge in [-0.15, -0.1) is 0 Å². The van der Waals surface area contributed by atoms with E-state index in [9.17, 15) is 47.0 Å². The zero-order valence-electron chi connectivity index (χ0n) is 27.8. The maximum atomic E-state index is 14.4. The van der Waals surface area contributed by atoms with Gasteiger partial charge >= 0.3 is 6.18 Å². The van der Waals surface area contributed by atoms with Crippen LogP contribution < -0.4 is 21.3 Å². The highest BCUT2D eigenvalue weighted by Crippen LogP contribution is 2.30. The molecule has 6 amide bonds. The second-order valence-corrected chi connectivity index (χ2v) is 12.9. The van der Waals surface area contributed by atoms with Crippen LogP contribution in [0, 0.1) is 5.92 Å². The summed E-state index contributed by atoms with van der Waals surface area (Å²) in [5.41, 5.74) is -0.660. The molecule has 2 aromatic rings. The van der Waals surface area contributed by atoms with E-state index in [2.05, 4.69) is 21.3 Å². The Morgan fingerprint density at radius 2 is 1.60 bits per heavy atom. The molecule has 5 N–H and O–H groups in total. The number of carbonyl (C=O) groups is 6. The van der Waals surface area contributed by atoms with Gasteiger partial charge in [-0.25, -0.2) is 0 Å². The average molecular weight is 703 g/mol. The van der Waals surface area contributed by atoms with Crippen LogP contribution >= 0.6 is 0 Å². The first-order valence-electron chi connectivity index (χ1n) is 16.2. The maximum Gasteiger partial charge on any atom is 0.416 e. The van der Waals surface area contributed by atoms with Crippen LogP contribution in [0.15, 0.2) is 54.6 Å². The van der Waals surface area contributed by atoms with Gasteiger partial charge in [-0.1, -0.05) is 50.2 Å². The minimum absolute atomic E-state index is 0.0135. The zero-order chi connectivity index (χ0) is 36.7. The summed E-state index contributed by atoms with van der Waals surface area (Å²) in [7, 11) is 1.28. The maximum absolute atomic E-state index is 14.4. The van der Waals surface area contributed by atoms with Gasteiger partial charge in [0.15, 0.2) is 0 Å². The zero-order valence-corrected chi connectivity index (χ0v) is 27.8. The molecule has 2 saturated heterocycles. The first kappa shape index (κ1) is 37.8. The second kappa shape index (κ2) is 16.1. The lowest BCUT2D eigenvalue weighted by Crippen LogP contribution is -2.58. The van der Waals surface area contributed by atoms with E-state index in [0.29, 0.717) is 11.6 Å². The number of carbonyl (C=O) groups excluding carboxylic acids is 6. The minimum atomic E-state index is -4.69. The molecule has 16 heteroatoms. The molecule has 0 spiro atoms. The van der Waals surface area contributed by atoms with Crippen molar-refractivity contribution >= 4 is 35.4 Å². The lowest BCUT2D eigenvalue weighted by Gasteiger charge is -2.30. The third kappa shape index (κ3) is 9.58. The minimum Gasteiger partial charge on any atom is -0.394 e. The van der Waals surface area contributed by atoms with Gasteiger partial charge in [0, 0.05) is 31.6 Å². The molecule has 0 saturated carbocycles. The van der Waals surface area contributed by atoms with Gasteiger partial charge in [-0.05, 0) is 42.5 Å². The van der Waals surface area contributed by atoms with Crippen LogP contribution in [0.5, 0.6) is 0 Å². The predicted octanol–water partition coefficient (Wildman–Crippen LogP) is 0.612. The summed E-state index contributed by atoms with van der Waals surface area (Å²) in [4.78, 5) is 83.2. The number of likely N-dealkylation sites (N-methyl/N-ethyl adjacent to an activating group) is 1. The number of hydrogen-bond acceptors (Lipinski definition) is 7. The van der Waals surface area contributed by atoms with Crippen LogP contribution in [0.4, 0.5) is 13.2 Å². The van der Waals surface area contributed by atoms with Crippen LogP contribution in [-0.2, 0) is 36.6 Å². The number of hydrogen-bond donors (Lipinski definition) is 5. The van der Waals surface area contributed by atoms with Crippen molar-refractivity contribution in [3.63, 3.8) is 0 Å². The standard InChI is InChI=1S/C34H41F3N6O7/c1-19(2)12-24-30(47)40-25(13-20-8-5-4-6-9-20)33(50)43-16-23(38-29(46)21-10-7-11-22(14-21)34(35,36)37)15-27(43)31(48)41-26(18-44)32(49)42(3)17-28(45)39-24/h4-11,14,19,23-27,44H,12-13,15-18H2,1-3H3,(H,38,46)(H,39,45)(H,40,47)(H,41,48)/t23-,24-,25-,26-,27-/m0/s1. The Bertz CT molecular complexity index is 1590. The van der Waals surface area contributed by atoms with Gasteiger partial charge in [0.2, 0.25) is 29.5 Å². The number of halogens is 3. The third-order valence-electron chi connectivity index (χ3n) is 8.48. The molecule has 2 fully saturated rings. The highest BCUT2D eigenvalue weighted by Gasteiger charge is 2.44. The molecule has 0 bridgehead atoms. The lowest BCUT2D eigenvalue weighted by atomic mass is 10.0. The SMILES string of the molecule is CC(C)C[C@@H]1NC(=O)CN(C)C(=O)[C@H](CO)NC(=O)[C@@H]2C[C@H](NC(=O)c3cccc(C(F)(F)F)c3)CN2C(=O)[C@H](Cc2ccccc2)NC1=O. The van der Waals surface area contributed by atoms with Gasteiger partial charge in [-0.3, -0.25) is 28.8 Å². The van der Waals surface area contributed by atoms with Crippen molar-refractivity contribution in [2.45, 2.75) is 69.5 Å². The number of fused-ring (bicyclic) bond motifs is 1. The Morgan fingerprint density at radius 1 is 0.920 bits per heavy atom. The van der Waals surface area contributed by atoms with E-state index in [4.69, 9.17) is 0 Å². The van der Waals surface area contributed by atoms with Crippen LogP contribution in [-0.4, -0.2) is 107 Å². The number of amides is 6. The fraction of sp³-hybridized carbons (Fsp3) is 0.471. The summed E-state index contributed by atoms with van der Waals surface area (Å²) in [6, 6.07) is 6.40. The van der Waals surface area contributed by atoms with Gasteiger partial charge in [0.1, 0.15) is 24.2 Å². The van der Waals surface area contributed by atoms with Gasteiger partial charge in [-0.2, -0.15) is 13.2 Å². The molecule has 2 aliphatic heterocycles. The van der Waals surface area contributed by atoms with E-state index < -0.39 is 90.5 Å². The van der Waals surface area contributed by atoms with E-state index in [1.54, 1.807) is 30.3 Å². The molecule has 0 radical (unpaired) electrons. The van der Waals surface area contributed by atoms with Crippen LogP contribution in [0.1, 0.15) is 48.2 Å². The van der Waals surface area contributed by atoms with Crippen molar-refractivity contribution in [2.24, 2.45) is 5.92 Å². The summed E-state index contributed by atoms with van der Waals surface area (Å²) >= 11 is 0. The number of nitrogens with one attached hydrogen (secondary N) is 4. The van der Waals surface area contributed by atoms with Gasteiger partial charge < -0.3 is 36.2 Å². The Kier molecular flexibility index (Phi) is 12.2. The van der Waals surface area contributed by atoms with Gasteiger partial charge in [0.05, 0.1) is 18.7 Å². The summed E-state index contributed by atoms with van der Waals surface area (Å²) in [5, 5.41) is 20.4. The predicted molar refractivity (Wildman–Crippen MR) is 173 cm³/mol. The van der Waals surface area contributed by atoms with E-state index in [0.717, 1.165) is 21.9 Å². The smallest absolute Gasteiger partial charge is 0.394 e. The summed E-state index contributed by atoms with van der Waals surface area (Å²) < 4.78 is 40.0. The van der Waals surface area contributed by atoms with Crippen molar-refractivity contribution in [1.29, 1.82) is 0 Å². The first-order valence-corrected chi connectivity index (χ1v) is 16.2. The van der Waals surface area contributed by atoms with Crippen molar-refractivity contribution < 1.29 is 47.0 Å². The molecular weight excluding hydrogens is 661 g/mol. The molecular formula is C34H41F3N6O7. The molecule has 2 aliphatic rings. The Balaban J connectivity index is 1.71. The number of benzene rings is 2. The average Bonchev–Trinajstić information content (AvgIpc) is 3.49. The molecule has 270 valence electrons. The Labute approximate surface area is 286 Å². The van der Waals surface area contributed by atoms with Crippen molar-refractivity contribution in [3.05, 3.63) is 71.3 Å². The molecule has 2 heterocycles. The summed E-state index contributed by atoms with van der Waals surface area (Å²) in [6.45, 7) is 2.05. The summed E-state index contributed by atoms with van der Waals surface area (Å²) in [6.07, 6.45) is -4.72. The normalized spacial score (nSPS) is 24.2. The van der Waals surface area contributed by atoms with E-state index in [-0.39, 0.29) is 37.3 Å². The fourth-order valence-corrected chi connectivity index (χ4v) is 6.02. The number of nitrogens with zero attached hydrogens (tertiary/aromatic N) is 2. The molecule has 50 heavy (non-hydrogen) atoms. The summed E-state index contributed by atoms with van der Waals surface area (Å²) in [5.74, 6) is -4.69. The van der Waals surface area contributed by atoms with Crippen LogP contribution in [0.25, 0.3) is 0 Å².